The zero-order valence-electron chi connectivity index (χ0n) is 15.1. The minimum Gasteiger partial charge on any atom is -0.368 e. The van der Waals surface area contributed by atoms with Crippen LogP contribution in [-0.4, -0.2) is 43.0 Å². The molecule has 2 aromatic carbocycles. The molecule has 2 atom stereocenters. The smallest absolute Gasteiger partial charge is 0.280 e. The van der Waals surface area contributed by atoms with Crippen molar-refractivity contribution in [2.45, 2.75) is 25.9 Å². The molecule has 3 rings (SSSR count). The topological polar surface area (TPSA) is 40.2 Å². The molecule has 0 radical (unpaired) electrons. The van der Waals surface area contributed by atoms with Gasteiger partial charge in [-0.25, -0.2) is 0 Å². The molecule has 2 aromatic rings. The molecule has 25 heavy (non-hydrogen) atoms. The first-order valence-corrected chi connectivity index (χ1v) is 9.14. The van der Waals surface area contributed by atoms with Gasteiger partial charge in [-0.05, 0) is 26.0 Å². The number of nitrogens with two attached hydrogens (primary N) is 1. The van der Waals surface area contributed by atoms with Crippen LogP contribution in [0.1, 0.15) is 25.5 Å². The first-order valence-electron chi connectivity index (χ1n) is 9.14. The highest BCUT2D eigenvalue weighted by Crippen LogP contribution is 2.16. The molecule has 0 bridgehead atoms. The average molecular weight is 338 g/mol. The van der Waals surface area contributed by atoms with E-state index in [1.807, 2.05) is 24.0 Å². The molecule has 0 aromatic heterocycles. The predicted molar refractivity (Wildman–Crippen MR) is 101 cm³/mol. The van der Waals surface area contributed by atoms with Crippen molar-refractivity contribution in [3.8, 4) is 0 Å². The summed E-state index contributed by atoms with van der Waals surface area (Å²) in [6.07, 6.45) is 0. The third kappa shape index (κ3) is 4.40. The van der Waals surface area contributed by atoms with Crippen molar-refractivity contribution in [2.24, 2.45) is 0 Å². The predicted octanol–water partition coefficient (Wildman–Crippen LogP) is 2.05. The number of carbonyl (C=O) groups excluding carboxylic acids is 1. The molecule has 0 aliphatic carbocycles. The number of para-hydroxylation sites is 1. The second-order valence-corrected chi connectivity index (χ2v) is 6.83. The Bertz CT molecular complexity index is 666. The van der Waals surface area contributed by atoms with Gasteiger partial charge in [0.05, 0.1) is 0 Å². The van der Waals surface area contributed by atoms with Crippen LogP contribution in [0.15, 0.2) is 60.7 Å². The summed E-state index contributed by atoms with van der Waals surface area (Å²) in [5.74, 6) is 0.246. The van der Waals surface area contributed by atoms with Gasteiger partial charge in [0.15, 0.2) is 6.04 Å². The number of carbonyl (C=O) groups is 1. The van der Waals surface area contributed by atoms with Crippen LogP contribution in [0, 0.1) is 0 Å². The third-order valence-corrected chi connectivity index (χ3v) is 5.00. The van der Waals surface area contributed by atoms with E-state index in [0.29, 0.717) is 0 Å². The highest BCUT2D eigenvalue weighted by molar-refractivity contribution is 5.80. The van der Waals surface area contributed by atoms with Gasteiger partial charge in [-0.15, -0.1) is 0 Å². The van der Waals surface area contributed by atoms with Crippen LogP contribution < -0.4 is 10.2 Å². The van der Waals surface area contributed by atoms with E-state index < -0.39 is 0 Å². The fourth-order valence-electron chi connectivity index (χ4n) is 3.49. The number of rotatable bonds is 5. The fourth-order valence-corrected chi connectivity index (χ4v) is 3.49. The first-order chi connectivity index (χ1) is 12.1. The highest BCUT2D eigenvalue weighted by Gasteiger charge is 2.28. The van der Waals surface area contributed by atoms with E-state index in [4.69, 9.17) is 0 Å². The molecule has 1 amide bonds. The average Bonchev–Trinajstić information content (AvgIpc) is 2.69. The summed E-state index contributed by atoms with van der Waals surface area (Å²) in [6.45, 7) is 7.57. The van der Waals surface area contributed by atoms with Crippen molar-refractivity contribution in [2.75, 3.05) is 31.1 Å². The number of hydrogen-bond acceptors (Lipinski definition) is 2. The van der Waals surface area contributed by atoms with Crippen LogP contribution >= 0.6 is 0 Å². The lowest BCUT2D eigenvalue weighted by molar-refractivity contribution is -0.710. The molecule has 1 fully saturated rings. The Hall–Kier alpha value is -2.33. The summed E-state index contributed by atoms with van der Waals surface area (Å²) in [5.41, 5.74) is 2.50. The second-order valence-electron chi connectivity index (χ2n) is 6.83. The van der Waals surface area contributed by atoms with Crippen molar-refractivity contribution in [1.29, 1.82) is 0 Å². The Morgan fingerprint density at radius 3 is 2.04 bits per heavy atom. The minimum atomic E-state index is -0.0570. The fraction of sp³-hybridized carbons (Fsp3) is 0.381. The van der Waals surface area contributed by atoms with E-state index in [1.54, 1.807) is 0 Å². The number of amides is 1. The number of benzene rings is 2. The monoisotopic (exact) mass is 338 g/mol. The number of anilines is 1. The minimum absolute atomic E-state index is 0.0570. The van der Waals surface area contributed by atoms with Gasteiger partial charge in [-0.3, -0.25) is 4.79 Å². The number of hydrogen-bond donors (Lipinski definition) is 1. The molecular weight excluding hydrogens is 310 g/mol. The molecule has 132 valence electrons. The van der Waals surface area contributed by atoms with E-state index in [-0.39, 0.29) is 18.0 Å². The molecule has 0 spiro atoms. The van der Waals surface area contributed by atoms with Gasteiger partial charge in [-0.1, -0.05) is 48.5 Å². The summed E-state index contributed by atoms with van der Waals surface area (Å²) in [7, 11) is 0. The first kappa shape index (κ1) is 17.5. The Morgan fingerprint density at radius 1 is 0.880 bits per heavy atom. The Kier molecular flexibility index (Phi) is 5.71. The standard InChI is InChI=1S/C21H27N3O/c1-17(19-9-5-3-6-10-19)22-18(2)21(25)24-15-13-23(14-16-24)20-11-7-4-8-12-20/h3-12,17-18,22H,13-16H2,1-2H3/p+1/t17-,18+/m1/s1. The molecule has 1 saturated heterocycles. The summed E-state index contributed by atoms with van der Waals surface area (Å²) >= 11 is 0. The van der Waals surface area contributed by atoms with E-state index in [9.17, 15) is 4.79 Å². The zero-order chi connectivity index (χ0) is 17.6. The lowest BCUT2D eigenvalue weighted by Crippen LogP contribution is -2.92. The molecule has 1 heterocycles. The van der Waals surface area contributed by atoms with Crippen molar-refractivity contribution in [1.82, 2.24) is 4.90 Å². The Balaban J connectivity index is 1.52. The van der Waals surface area contributed by atoms with Crippen LogP contribution in [0.4, 0.5) is 5.69 Å². The maximum Gasteiger partial charge on any atom is 0.280 e. The van der Waals surface area contributed by atoms with Gasteiger partial charge in [0.2, 0.25) is 0 Å². The van der Waals surface area contributed by atoms with Crippen molar-refractivity contribution < 1.29 is 10.1 Å². The van der Waals surface area contributed by atoms with E-state index >= 15 is 0 Å². The van der Waals surface area contributed by atoms with Crippen LogP contribution in [0.2, 0.25) is 0 Å². The molecular formula is C21H28N3O+. The summed E-state index contributed by atoms with van der Waals surface area (Å²) in [6, 6.07) is 21.0. The number of quaternary nitrogens is 1. The van der Waals surface area contributed by atoms with Gasteiger partial charge in [0.1, 0.15) is 6.04 Å². The quantitative estimate of drug-likeness (QED) is 0.906. The SMILES string of the molecule is C[C@H]([NH2+][C@H](C)c1ccccc1)C(=O)N1CCN(c2ccccc2)CC1. The van der Waals surface area contributed by atoms with Gasteiger partial charge in [0.25, 0.3) is 5.91 Å². The summed E-state index contributed by atoms with van der Waals surface area (Å²) in [4.78, 5) is 17.1. The molecule has 4 heteroatoms. The zero-order valence-corrected chi connectivity index (χ0v) is 15.1. The van der Waals surface area contributed by atoms with Gasteiger partial charge < -0.3 is 15.1 Å². The molecule has 1 aliphatic rings. The third-order valence-electron chi connectivity index (χ3n) is 5.00. The number of piperazine rings is 1. The molecule has 0 saturated carbocycles. The molecule has 2 N–H and O–H groups in total. The van der Waals surface area contributed by atoms with Crippen molar-refractivity contribution in [3.63, 3.8) is 0 Å². The van der Waals surface area contributed by atoms with Gasteiger partial charge in [-0.2, -0.15) is 0 Å². The van der Waals surface area contributed by atoms with E-state index in [0.717, 1.165) is 26.2 Å². The van der Waals surface area contributed by atoms with Crippen molar-refractivity contribution >= 4 is 11.6 Å². The normalized spacial score (nSPS) is 17.2. The molecule has 0 unspecified atom stereocenters. The van der Waals surface area contributed by atoms with Crippen molar-refractivity contribution in [3.05, 3.63) is 66.2 Å². The van der Waals surface area contributed by atoms with E-state index in [1.165, 1.54) is 11.3 Å². The van der Waals surface area contributed by atoms with Crippen LogP contribution in [0.5, 0.6) is 0 Å². The second kappa shape index (κ2) is 8.17. The molecule has 4 nitrogen and oxygen atoms in total. The van der Waals surface area contributed by atoms with E-state index in [2.05, 4.69) is 65.7 Å². The largest absolute Gasteiger partial charge is 0.368 e. The lowest BCUT2D eigenvalue weighted by atomic mass is 10.1. The van der Waals surface area contributed by atoms with Crippen LogP contribution in [0.25, 0.3) is 0 Å². The Labute approximate surface area is 150 Å². The Morgan fingerprint density at radius 2 is 1.44 bits per heavy atom. The van der Waals surface area contributed by atoms with Gasteiger partial charge in [0, 0.05) is 37.4 Å². The number of nitrogens with zero attached hydrogens (tertiary/aromatic N) is 2. The highest BCUT2D eigenvalue weighted by atomic mass is 16.2. The lowest BCUT2D eigenvalue weighted by Gasteiger charge is -2.36. The summed E-state index contributed by atoms with van der Waals surface area (Å²) < 4.78 is 0. The van der Waals surface area contributed by atoms with Crippen LogP contribution in [0.3, 0.4) is 0 Å². The maximum absolute atomic E-state index is 12.8. The molecule has 1 aliphatic heterocycles. The maximum atomic E-state index is 12.8. The summed E-state index contributed by atoms with van der Waals surface area (Å²) in [5, 5.41) is 2.17. The van der Waals surface area contributed by atoms with Gasteiger partial charge >= 0.3 is 0 Å². The van der Waals surface area contributed by atoms with Crippen LogP contribution in [-0.2, 0) is 4.79 Å².